The highest BCUT2D eigenvalue weighted by Crippen LogP contribution is 2.32. The summed E-state index contributed by atoms with van der Waals surface area (Å²) < 4.78 is 44.2. The Kier molecular flexibility index (Phi) is 5.72. The number of rotatable bonds is 5. The fourth-order valence-electron chi connectivity index (χ4n) is 2.06. The Hall–Kier alpha value is -2.21. The van der Waals surface area contributed by atoms with Gasteiger partial charge in [-0.3, -0.25) is 4.79 Å². The van der Waals surface area contributed by atoms with Crippen molar-refractivity contribution in [2.24, 2.45) is 0 Å². The summed E-state index contributed by atoms with van der Waals surface area (Å²) >= 11 is 5.74. The Bertz CT molecular complexity index is 702. The lowest BCUT2D eigenvalue weighted by Crippen LogP contribution is -2.31. The van der Waals surface area contributed by atoms with E-state index in [2.05, 4.69) is 0 Å². The summed E-state index contributed by atoms with van der Waals surface area (Å²) in [5.41, 5.74) is -0.712. The van der Waals surface area contributed by atoms with Crippen LogP contribution in [0.3, 0.4) is 0 Å². The zero-order valence-corrected chi connectivity index (χ0v) is 13.6. The quantitative estimate of drug-likeness (QED) is 0.794. The molecule has 0 aliphatic rings. The van der Waals surface area contributed by atoms with E-state index >= 15 is 0 Å². The van der Waals surface area contributed by atoms with Crippen LogP contribution in [0.4, 0.5) is 13.2 Å². The van der Waals surface area contributed by atoms with Gasteiger partial charge in [0.2, 0.25) is 0 Å². The molecule has 0 spiro atoms. The van der Waals surface area contributed by atoms with Gasteiger partial charge in [-0.2, -0.15) is 13.2 Å². The Morgan fingerprint density at radius 3 is 2.38 bits per heavy atom. The fourth-order valence-corrected chi connectivity index (χ4v) is 2.19. The van der Waals surface area contributed by atoms with Gasteiger partial charge in [0.1, 0.15) is 5.75 Å². The second kappa shape index (κ2) is 7.57. The van der Waals surface area contributed by atoms with Crippen LogP contribution in [0.5, 0.6) is 5.75 Å². The number of nitrogens with zero attached hydrogens (tertiary/aromatic N) is 1. The number of carbonyl (C=O) groups excluding carboxylic acids is 1. The first-order valence-electron chi connectivity index (χ1n) is 7.05. The van der Waals surface area contributed by atoms with Crippen molar-refractivity contribution in [2.75, 3.05) is 13.7 Å². The number of likely N-dealkylation sites (N-methyl/N-ethyl adjacent to an activating group) is 1. The maximum absolute atomic E-state index is 13.0. The topological polar surface area (TPSA) is 29.5 Å². The molecule has 0 unspecified atom stereocenters. The Morgan fingerprint density at radius 2 is 1.75 bits per heavy atom. The number of amides is 1. The lowest BCUT2D eigenvalue weighted by atomic mass is 10.1. The van der Waals surface area contributed by atoms with Crippen molar-refractivity contribution in [1.82, 2.24) is 4.90 Å². The average molecular weight is 358 g/mol. The highest BCUT2D eigenvalue weighted by Gasteiger charge is 2.33. The predicted molar refractivity (Wildman–Crippen MR) is 84.9 cm³/mol. The highest BCUT2D eigenvalue weighted by atomic mass is 35.5. The molecular formula is C17H15ClF3NO2. The molecule has 0 bridgehead atoms. The number of halogens is 4. The van der Waals surface area contributed by atoms with Crippen molar-refractivity contribution < 1.29 is 22.7 Å². The van der Waals surface area contributed by atoms with E-state index in [0.29, 0.717) is 10.8 Å². The third-order valence-corrected chi connectivity index (χ3v) is 3.58. The summed E-state index contributed by atoms with van der Waals surface area (Å²) in [4.78, 5) is 13.2. The first-order chi connectivity index (χ1) is 11.3. The Morgan fingerprint density at radius 1 is 1.12 bits per heavy atom. The van der Waals surface area contributed by atoms with Crippen LogP contribution in [0, 0.1) is 0 Å². The minimum atomic E-state index is -4.46. The SMILES string of the molecule is CN(Cc1ccccc1C(F)(F)F)C(=O)COc1ccc(Cl)cc1. The summed E-state index contributed by atoms with van der Waals surface area (Å²) in [6.45, 7) is -0.426. The van der Waals surface area contributed by atoms with Gasteiger partial charge in [0.05, 0.1) is 5.56 Å². The van der Waals surface area contributed by atoms with Crippen molar-refractivity contribution in [1.29, 1.82) is 0 Å². The summed E-state index contributed by atoms with van der Waals surface area (Å²) in [5.74, 6) is 0.0266. The largest absolute Gasteiger partial charge is 0.484 e. The second-order valence-electron chi connectivity index (χ2n) is 5.15. The Balaban J connectivity index is 1.98. The van der Waals surface area contributed by atoms with Crippen LogP contribution < -0.4 is 4.74 Å². The van der Waals surface area contributed by atoms with Crippen LogP contribution in [-0.4, -0.2) is 24.5 Å². The van der Waals surface area contributed by atoms with Crippen LogP contribution >= 0.6 is 11.6 Å². The molecule has 2 rings (SSSR count). The lowest BCUT2D eigenvalue weighted by molar-refractivity contribution is -0.140. The molecule has 0 saturated carbocycles. The molecule has 0 aliphatic carbocycles. The number of benzene rings is 2. The van der Waals surface area contributed by atoms with Gasteiger partial charge in [0, 0.05) is 18.6 Å². The summed E-state index contributed by atoms with van der Waals surface area (Å²) in [6.07, 6.45) is -4.46. The fraction of sp³-hybridized carbons (Fsp3) is 0.235. The maximum atomic E-state index is 13.0. The normalized spacial score (nSPS) is 11.2. The molecular weight excluding hydrogens is 343 g/mol. The van der Waals surface area contributed by atoms with Crippen molar-refractivity contribution >= 4 is 17.5 Å². The van der Waals surface area contributed by atoms with Gasteiger partial charge >= 0.3 is 6.18 Å². The number of hydrogen-bond acceptors (Lipinski definition) is 2. The van der Waals surface area contributed by atoms with Crippen molar-refractivity contribution in [3.8, 4) is 5.75 Å². The maximum Gasteiger partial charge on any atom is 0.416 e. The van der Waals surface area contributed by atoms with E-state index < -0.39 is 17.6 Å². The van der Waals surface area contributed by atoms with Crippen molar-refractivity contribution in [2.45, 2.75) is 12.7 Å². The van der Waals surface area contributed by atoms with E-state index in [4.69, 9.17) is 16.3 Å². The number of carbonyl (C=O) groups is 1. The summed E-state index contributed by atoms with van der Waals surface area (Å²) in [5, 5.41) is 0.537. The molecule has 0 atom stereocenters. The van der Waals surface area contributed by atoms with E-state index in [9.17, 15) is 18.0 Å². The number of alkyl halides is 3. The molecule has 3 nitrogen and oxygen atoms in total. The van der Waals surface area contributed by atoms with E-state index in [1.807, 2.05) is 0 Å². The number of ether oxygens (including phenoxy) is 1. The first kappa shape index (κ1) is 18.1. The van der Waals surface area contributed by atoms with E-state index in [1.165, 1.54) is 30.1 Å². The van der Waals surface area contributed by atoms with Crippen LogP contribution in [0.2, 0.25) is 5.02 Å². The van der Waals surface area contributed by atoms with E-state index in [1.54, 1.807) is 24.3 Å². The molecule has 0 aliphatic heterocycles. The van der Waals surface area contributed by atoms with Crippen LogP contribution in [0.15, 0.2) is 48.5 Å². The van der Waals surface area contributed by atoms with Gasteiger partial charge in [-0.1, -0.05) is 29.8 Å². The molecule has 0 aromatic heterocycles. The van der Waals surface area contributed by atoms with Gasteiger partial charge < -0.3 is 9.64 Å². The molecule has 128 valence electrons. The Labute approximate surface area is 142 Å². The van der Waals surface area contributed by atoms with Gasteiger partial charge in [0.25, 0.3) is 5.91 Å². The molecule has 0 radical (unpaired) electrons. The third-order valence-electron chi connectivity index (χ3n) is 3.33. The van der Waals surface area contributed by atoms with Crippen LogP contribution in [0.1, 0.15) is 11.1 Å². The minimum Gasteiger partial charge on any atom is -0.484 e. The van der Waals surface area contributed by atoms with Gasteiger partial charge in [-0.05, 0) is 35.9 Å². The van der Waals surface area contributed by atoms with E-state index in [0.717, 1.165) is 6.07 Å². The second-order valence-corrected chi connectivity index (χ2v) is 5.58. The molecule has 2 aromatic carbocycles. The van der Waals surface area contributed by atoms with Crippen molar-refractivity contribution in [3.63, 3.8) is 0 Å². The van der Waals surface area contributed by atoms with Crippen molar-refractivity contribution in [3.05, 3.63) is 64.7 Å². The summed E-state index contributed by atoms with van der Waals surface area (Å²) in [6, 6.07) is 11.6. The smallest absolute Gasteiger partial charge is 0.416 e. The molecule has 2 aromatic rings. The molecule has 0 fully saturated rings. The van der Waals surface area contributed by atoms with Crippen LogP contribution in [0.25, 0.3) is 0 Å². The molecule has 7 heteroatoms. The summed E-state index contributed by atoms with van der Waals surface area (Å²) in [7, 11) is 1.43. The number of hydrogen-bond donors (Lipinski definition) is 0. The predicted octanol–water partition coefficient (Wildman–Crippen LogP) is 4.40. The molecule has 0 heterocycles. The molecule has 1 amide bonds. The average Bonchev–Trinajstić information content (AvgIpc) is 2.53. The van der Waals surface area contributed by atoms with E-state index in [-0.39, 0.29) is 18.7 Å². The van der Waals surface area contributed by atoms with Gasteiger partial charge in [0.15, 0.2) is 6.61 Å². The monoisotopic (exact) mass is 357 g/mol. The van der Waals surface area contributed by atoms with Crippen LogP contribution in [-0.2, 0) is 17.5 Å². The first-order valence-corrected chi connectivity index (χ1v) is 7.42. The standard InChI is InChI=1S/C17H15ClF3NO2/c1-22(10-12-4-2-3-5-15(12)17(19,20)21)16(23)11-24-14-8-6-13(18)7-9-14/h2-9H,10-11H2,1H3. The molecule has 24 heavy (non-hydrogen) atoms. The van der Waals surface area contributed by atoms with Gasteiger partial charge in [-0.25, -0.2) is 0 Å². The molecule has 0 N–H and O–H groups in total. The highest BCUT2D eigenvalue weighted by molar-refractivity contribution is 6.30. The minimum absolute atomic E-state index is 0.0346. The zero-order chi connectivity index (χ0) is 17.7. The van der Waals surface area contributed by atoms with Gasteiger partial charge in [-0.15, -0.1) is 0 Å². The third kappa shape index (κ3) is 4.89. The zero-order valence-electron chi connectivity index (χ0n) is 12.8. The lowest BCUT2D eigenvalue weighted by Gasteiger charge is -2.20. The molecule has 0 saturated heterocycles.